The highest BCUT2D eigenvalue weighted by Crippen LogP contribution is 2.08. The zero-order valence-electron chi connectivity index (χ0n) is 10.1. The summed E-state index contributed by atoms with van der Waals surface area (Å²) in [7, 11) is 0. The summed E-state index contributed by atoms with van der Waals surface area (Å²) >= 11 is 0. The average molecular weight is 210 g/mol. The molecule has 1 aliphatic heterocycles. The van der Waals surface area contributed by atoms with Crippen molar-refractivity contribution < 1.29 is 5.11 Å². The van der Waals surface area contributed by atoms with Crippen LogP contribution in [-0.4, -0.2) is 59.8 Å². The van der Waals surface area contributed by atoms with Crippen molar-refractivity contribution in [2.75, 3.05) is 39.3 Å². The molecule has 15 heavy (non-hydrogen) atoms. The molecular formula is C12H22N2O. The Morgan fingerprint density at radius 1 is 1.13 bits per heavy atom. The van der Waals surface area contributed by atoms with E-state index in [1.54, 1.807) is 0 Å². The summed E-state index contributed by atoms with van der Waals surface area (Å²) < 4.78 is 0. The van der Waals surface area contributed by atoms with E-state index in [-0.39, 0.29) is 0 Å². The monoisotopic (exact) mass is 210 g/mol. The van der Waals surface area contributed by atoms with Gasteiger partial charge in [0.25, 0.3) is 0 Å². The van der Waals surface area contributed by atoms with Gasteiger partial charge < -0.3 is 5.11 Å². The van der Waals surface area contributed by atoms with E-state index in [9.17, 15) is 5.11 Å². The topological polar surface area (TPSA) is 26.7 Å². The highest BCUT2D eigenvalue weighted by molar-refractivity contribution is 4.98. The molecule has 1 fully saturated rings. The zero-order valence-corrected chi connectivity index (χ0v) is 10.1. The molecule has 1 rings (SSSR count). The van der Waals surface area contributed by atoms with Crippen molar-refractivity contribution in [3.05, 3.63) is 0 Å². The first kappa shape index (κ1) is 12.5. The van der Waals surface area contributed by atoms with Crippen molar-refractivity contribution in [2.24, 2.45) is 0 Å². The van der Waals surface area contributed by atoms with Crippen LogP contribution in [-0.2, 0) is 0 Å². The Bertz CT molecular complexity index is 239. The molecule has 0 spiro atoms. The van der Waals surface area contributed by atoms with Crippen LogP contribution in [0.4, 0.5) is 0 Å². The van der Waals surface area contributed by atoms with Crippen LogP contribution in [0.2, 0.25) is 0 Å². The highest BCUT2D eigenvalue weighted by atomic mass is 16.3. The molecule has 0 atom stereocenters. The van der Waals surface area contributed by atoms with E-state index in [0.717, 1.165) is 39.3 Å². The minimum Gasteiger partial charge on any atom is -0.389 e. The fourth-order valence-electron chi connectivity index (χ4n) is 1.84. The third-order valence-electron chi connectivity index (χ3n) is 2.55. The Balaban J connectivity index is 2.26. The summed E-state index contributed by atoms with van der Waals surface area (Å²) in [5.41, 5.74) is -0.578. The maximum atomic E-state index is 9.70. The van der Waals surface area contributed by atoms with Gasteiger partial charge in [-0.1, -0.05) is 5.92 Å². The number of aliphatic hydroxyl groups is 1. The van der Waals surface area contributed by atoms with Gasteiger partial charge in [-0.2, -0.15) is 0 Å². The number of nitrogens with zero attached hydrogens (tertiary/aromatic N) is 2. The molecule has 0 unspecified atom stereocenters. The van der Waals surface area contributed by atoms with E-state index in [1.807, 2.05) is 20.8 Å². The third-order valence-corrected chi connectivity index (χ3v) is 2.55. The summed E-state index contributed by atoms with van der Waals surface area (Å²) in [4.78, 5) is 4.67. The second-order valence-corrected chi connectivity index (χ2v) is 4.79. The summed E-state index contributed by atoms with van der Waals surface area (Å²) in [5.74, 6) is 6.01. The second kappa shape index (κ2) is 5.50. The van der Waals surface area contributed by atoms with E-state index in [1.165, 1.54) is 0 Å². The van der Waals surface area contributed by atoms with Crippen molar-refractivity contribution in [3.63, 3.8) is 0 Å². The predicted octanol–water partition coefficient (Wildman–Crippen LogP) is 0.398. The van der Waals surface area contributed by atoms with E-state index in [2.05, 4.69) is 21.6 Å². The first-order chi connectivity index (χ1) is 7.01. The highest BCUT2D eigenvalue weighted by Gasteiger charge is 2.21. The molecule has 86 valence electrons. The van der Waals surface area contributed by atoms with Crippen molar-refractivity contribution in [3.8, 4) is 11.8 Å². The molecule has 3 heteroatoms. The van der Waals surface area contributed by atoms with Crippen LogP contribution in [0.3, 0.4) is 0 Å². The molecule has 0 aromatic heterocycles. The van der Waals surface area contributed by atoms with Gasteiger partial charge in [-0.3, -0.25) is 9.80 Å². The number of hydrogen-bond donors (Lipinski definition) is 1. The number of β-amino-alcohol motifs (C(OH)–C–C–N with tert-alkyl or cyclic N) is 1. The van der Waals surface area contributed by atoms with Crippen LogP contribution < -0.4 is 0 Å². The molecule has 1 saturated heterocycles. The molecule has 0 bridgehead atoms. The fraction of sp³-hybridized carbons (Fsp3) is 0.833. The Labute approximate surface area is 93.1 Å². The molecule has 0 aromatic carbocycles. The van der Waals surface area contributed by atoms with Crippen LogP contribution in [0.25, 0.3) is 0 Å². The summed E-state index contributed by atoms with van der Waals surface area (Å²) in [6.45, 7) is 11.4. The summed E-state index contributed by atoms with van der Waals surface area (Å²) in [5, 5.41) is 9.70. The Morgan fingerprint density at radius 2 is 1.67 bits per heavy atom. The average Bonchev–Trinajstić information content (AvgIpc) is 2.14. The second-order valence-electron chi connectivity index (χ2n) is 4.79. The van der Waals surface area contributed by atoms with Gasteiger partial charge in [-0.05, 0) is 20.8 Å². The molecule has 0 saturated carbocycles. The van der Waals surface area contributed by atoms with Crippen molar-refractivity contribution in [2.45, 2.75) is 26.4 Å². The van der Waals surface area contributed by atoms with Gasteiger partial charge in [-0.15, -0.1) is 5.92 Å². The fourth-order valence-corrected chi connectivity index (χ4v) is 1.84. The van der Waals surface area contributed by atoms with Gasteiger partial charge in [0, 0.05) is 32.7 Å². The maximum Gasteiger partial charge on any atom is 0.0718 e. The lowest BCUT2D eigenvalue weighted by molar-refractivity contribution is 0.0195. The molecule has 1 aliphatic rings. The largest absolute Gasteiger partial charge is 0.389 e. The quantitative estimate of drug-likeness (QED) is 0.683. The third kappa shape index (κ3) is 5.17. The lowest BCUT2D eigenvalue weighted by atomic mass is 10.1. The van der Waals surface area contributed by atoms with Crippen molar-refractivity contribution >= 4 is 0 Å². The zero-order chi connectivity index (χ0) is 11.3. The van der Waals surface area contributed by atoms with E-state index >= 15 is 0 Å². The lowest BCUT2D eigenvalue weighted by Crippen LogP contribution is -2.50. The van der Waals surface area contributed by atoms with Crippen molar-refractivity contribution in [1.82, 2.24) is 9.80 Å². The van der Waals surface area contributed by atoms with Gasteiger partial charge in [-0.25, -0.2) is 0 Å². The molecule has 1 heterocycles. The van der Waals surface area contributed by atoms with Crippen molar-refractivity contribution in [1.29, 1.82) is 0 Å². The molecule has 1 N–H and O–H groups in total. The van der Waals surface area contributed by atoms with Crippen LogP contribution in [0.15, 0.2) is 0 Å². The van der Waals surface area contributed by atoms with E-state index < -0.39 is 5.60 Å². The number of hydrogen-bond acceptors (Lipinski definition) is 3. The maximum absolute atomic E-state index is 9.70. The Kier molecular flexibility index (Phi) is 4.59. The molecule has 3 nitrogen and oxygen atoms in total. The SMILES string of the molecule is CC#CCN1CCN(CC(C)(C)O)CC1. The molecule has 0 amide bonds. The summed E-state index contributed by atoms with van der Waals surface area (Å²) in [6, 6.07) is 0. The Hall–Kier alpha value is -0.560. The van der Waals surface area contributed by atoms with Crippen LogP contribution in [0, 0.1) is 11.8 Å². The Morgan fingerprint density at radius 3 is 2.13 bits per heavy atom. The smallest absolute Gasteiger partial charge is 0.0718 e. The first-order valence-corrected chi connectivity index (χ1v) is 5.58. The predicted molar refractivity (Wildman–Crippen MR) is 62.6 cm³/mol. The van der Waals surface area contributed by atoms with Gasteiger partial charge in [0.1, 0.15) is 0 Å². The lowest BCUT2D eigenvalue weighted by Gasteiger charge is -2.36. The van der Waals surface area contributed by atoms with Gasteiger partial charge in [0.2, 0.25) is 0 Å². The standard InChI is InChI=1S/C12H22N2O/c1-4-5-6-13-7-9-14(10-8-13)11-12(2,3)15/h15H,6-11H2,1-3H3. The number of rotatable bonds is 3. The van der Waals surface area contributed by atoms with Gasteiger partial charge in [0.15, 0.2) is 0 Å². The van der Waals surface area contributed by atoms with E-state index in [4.69, 9.17) is 0 Å². The molecule has 0 aromatic rings. The normalized spacial score (nSPS) is 19.7. The minimum atomic E-state index is -0.578. The molecule has 0 radical (unpaired) electrons. The van der Waals surface area contributed by atoms with Gasteiger partial charge >= 0.3 is 0 Å². The molecule has 0 aliphatic carbocycles. The van der Waals surface area contributed by atoms with Crippen LogP contribution >= 0.6 is 0 Å². The van der Waals surface area contributed by atoms with Crippen LogP contribution in [0.5, 0.6) is 0 Å². The summed E-state index contributed by atoms with van der Waals surface area (Å²) in [6.07, 6.45) is 0. The van der Waals surface area contributed by atoms with Gasteiger partial charge in [0.05, 0.1) is 12.1 Å². The number of piperazine rings is 1. The van der Waals surface area contributed by atoms with E-state index in [0.29, 0.717) is 0 Å². The van der Waals surface area contributed by atoms with Crippen LogP contribution in [0.1, 0.15) is 20.8 Å². The minimum absolute atomic E-state index is 0.578. The first-order valence-electron chi connectivity index (χ1n) is 5.58. The molecular weight excluding hydrogens is 188 g/mol.